The van der Waals surface area contributed by atoms with E-state index < -0.39 is 0 Å². The molecule has 0 saturated carbocycles. The molecule has 0 fully saturated rings. The minimum Gasteiger partial charge on any atom is -0.321 e. The van der Waals surface area contributed by atoms with Crippen molar-refractivity contribution in [1.29, 1.82) is 0 Å². The molecule has 1 aromatic rings. The summed E-state index contributed by atoms with van der Waals surface area (Å²) >= 11 is 0. The van der Waals surface area contributed by atoms with E-state index in [4.69, 9.17) is 0 Å². The van der Waals surface area contributed by atoms with Gasteiger partial charge in [-0.15, -0.1) is 0 Å². The molecule has 0 aliphatic carbocycles. The molecule has 4 heteroatoms. The lowest BCUT2D eigenvalue weighted by Gasteiger charge is -2.31. The van der Waals surface area contributed by atoms with Crippen molar-refractivity contribution in [3.8, 4) is 0 Å². The van der Waals surface area contributed by atoms with E-state index >= 15 is 0 Å². The summed E-state index contributed by atoms with van der Waals surface area (Å²) in [5.41, 5.74) is 1.93. The van der Waals surface area contributed by atoms with E-state index in [1.165, 1.54) is 0 Å². The van der Waals surface area contributed by atoms with Crippen LogP contribution in [-0.4, -0.2) is 23.0 Å². The number of nitrogens with one attached hydrogen (secondary N) is 1. The number of amides is 2. The molecule has 1 unspecified atom stereocenters. The van der Waals surface area contributed by atoms with Gasteiger partial charge in [-0.1, -0.05) is 0 Å². The normalized spacial score (nSPS) is 20.9. The molecule has 13 heavy (non-hydrogen) atoms. The zero-order valence-corrected chi connectivity index (χ0v) is 7.61. The van der Waals surface area contributed by atoms with E-state index in [9.17, 15) is 4.79 Å². The average molecular weight is 177 g/mol. The van der Waals surface area contributed by atoms with Gasteiger partial charge in [0.05, 0.1) is 11.7 Å². The van der Waals surface area contributed by atoms with Crippen molar-refractivity contribution in [2.75, 3.05) is 12.4 Å². The Morgan fingerprint density at radius 1 is 1.62 bits per heavy atom. The molecule has 2 rings (SSSR count). The van der Waals surface area contributed by atoms with Crippen LogP contribution < -0.4 is 5.32 Å². The Hall–Kier alpha value is -1.58. The lowest BCUT2D eigenvalue weighted by atomic mass is 10.1. The van der Waals surface area contributed by atoms with Crippen LogP contribution in [0.4, 0.5) is 10.5 Å². The first-order valence-corrected chi connectivity index (χ1v) is 4.18. The Kier molecular flexibility index (Phi) is 1.69. The predicted molar refractivity (Wildman–Crippen MR) is 49.4 cm³/mol. The molecule has 1 aliphatic rings. The highest BCUT2D eigenvalue weighted by Gasteiger charge is 2.25. The van der Waals surface area contributed by atoms with E-state index in [2.05, 4.69) is 10.3 Å². The van der Waals surface area contributed by atoms with E-state index in [1.54, 1.807) is 24.3 Å². The van der Waals surface area contributed by atoms with Gasteiger partial charge in [0.15, 0.2) is 0 Å². The van der Waals surface area contributed by atoms with Gasteiger partial charge in [0.2, 0.25) is 0 Å². The number of anilines is 1. The minimum absolute atomic E-state index is 0.0637. The van der Waals surface area contributed by atoms with Crippen LogP contribution in [0.1, 0.15) is 18.5 Å². The van der Waals surface area contributed by atoms with Crippen LogP contribution in [0.15, 0.2) is 18.5 Å². The molecule has 4 nitrogen and oxygen atoms in total. The fourth-order valence-corrected chi connectivity index (χ4v) is 1.44. The summed E-state index contributed by atoms with van der Waals surface area (Å²) in [7, 11) is 1.77. The second kappa shape index (κ2) is 2.73. The summed E-state index contributed by atoms with van der Waals surface area (Å²) in [5, 5.41) is 2.79. The monoisotopic (exact) mass is 177 g/mol. The number of hydrogen-bond donors (Lipinski definition) is 1. The highest BCUT2D eigenvalue weighted by atomic mass is 16.2. The number of carbonyl (C=O) groups is 1. The molecular formula is C9H11N3O. The zero-order chi connectivity index (χ0) is 9.42. The molecule has 2 heterocycles. The summed E-state index contributed by atoms with van der Waals surface area (Å²) < 4.78 is 0. The average Bonchev–Trinajstić information content (AvgIpc) is 2.15. The van der Waals surface area contributed by atoms with Crippen molar-refractivity contribution in [1.82, 2.24) is 9.88 Å². The number of hydrogen-bond acceptors (Lipinski definition) is 2. The van der Waals surface area contributed by atoms with Gasteiger partial charge in [0, 0.05) is 25.0 Å². The number of pyridine rings is 1. The summed E-state index contributed by atoms with van der Waals surface area (Å²) in [6, 6.07) is 1.85. The Morgan fingerprint density at radius 3 is 3.15 bits per heavy atom. The molecule has 1 atom stereocenters. The van der Waals surface area contributed by atoms with Gasteiger partial charge in [-0.25, -0.2) is 4.79 Å². The predicted octanol–water partition coefficient (Wildman–Crippen LogP) is 1.62. The van der Waals surface area contributed by atoms with E-state index in [0.717, 1.165) is 11.3 Å². The first-order valence-electron chi connectivity index (χ1n) is 4.18. The van der Waals surface area contributed by atoms with Gasteiger partial charge in [-0.2, -0.15) is 0 Å². The first kappa shape index (κ1) is 8.04. The van der Waals surface area contributed by atoms with Gasteiger partial charge < -0.3 is 10.2 Å². The van der Waals surface area contributed by atoms with Gasteiger partial charge in [-0.05, 0) is 13.0 Å². The number of urea groups is 1. The largest absolute Gasteiger partial charge is 0.322 e. The second-order valence-corrected chi connectivity index (χ2v) is 3.18. The van der Waals surface area contributed by atoms with Crippen LogP contribution in [0.25, 0.3) is 0 Å². The lowest BCUT2D eigenvalue weighted by molar-refractivity contribution is 0.205. The Bertz CT molecular complexity index is 350. The molecule has 1 aliphatic heterocycles. The smallest absolute Gasteiger partial charge is 0.321 e. The quantitative estimate of drug-likeness (QED) is 0.654. The summed E-state index contributed by atoms with van der Waals surface area (Å²) in [4.78, 5) is 17.0. The minimum atomic E-state index is -0.0637. The van der Waals surface area contributed by atoms with E-state index in [-0.39, 0.29) is 12.1 Å². The maximum atomic E-state index is 11.4. The number of aromatic nitrogens is 1. The third-order valence-corrected chi connectivity index (χ3v) is 2.44. The van der Waals surface area contributed by atoms with Gasteiger partial charge >= 0.3 is 6.03 Å². The maximum absolute atomic E-state index is 11.4. The van der Waals surface area contributed by atoms with Crippen LogP contribution in [0.5, 0.6) is 0 Å². The summed E-state index contributed by atoms with van der Waals surface area (Å²) in [5.74, 6) is 0. The topological polar surface area (TPSA) is 45.2 Å². The molecule has 0 radical (unpaired) electrons. The molecule has 1 aromatic heterocycles. The second-order valence-electron chi connectivity index (χ2n) is 3.18. The van der Waals surface area contributed by atoms with Gasteiger partial charge in [0.25, 0.3) is 0 Å². The van der Waals surface area contributed by atoms with Crippen molar-refractivity contribution in [3.05, 3.63) is 24.0 Å². The molecule has 0 spiro atoms. The van der Waals surface area contributed by atoms with Crippen molar-refractivity contribution in [2.45, 2.75) is 13.0 Å². The van der Waals surface area contributed by atoms with Crippen LogP contribution in [0.3, 0.4) is 0 Å². The highest BCUT2D eigenvalue weighted by molar-refractivity contribution is 5.92. The van der Waals surface area contributed by atoms with Crippen molar-refractivity contribution >= 4 is 11.7 Å². The van der Waals surface area contributed by atoms with Crippen LogP contribution in [-0.2, 0) is 0 Å². The third kappa shape index (κ3) is 1.14. The molecule has 68 valence electrons. The molecule has 1 N–H and O–H groups in total. The summed E-state index contributed by atoms with van der Waals surface area (Å²) in [6.07, 6.45) is 3.47. The van der Waals surface area contributed by atoms with Crippen molar-refractivity contribution in [2.24, 2.45) is 0 Å². The molecule has 2 amide bonds. The maximum Gasteiger partial charge on any atom is 0.322 e. The number of rotatable bonds is 0. The Labute approximate surface area is 76.6 Å². The molecule has 0 aromatic carbocycles. The van der Waals surface area contributed by atoms with Gasteiger partial charge in [0.1, 0.15) is 0 Å². The fourth-order valence-electron chi connectivity index (χ4n) is 1.44. The highest BCUT2D eigenvalue weighted by Crippen LogP contribution is 2.29. The van der Waals surface area contributed by atoms with E-state index in [1.807, 2.05) is 13.0 Å². The first-order chi connectivity index (χ1) is 6.20. The summed E-state index contributed by atoms with van der Waals surface area (Å²) in [6.45, 7) is 1.99. The third-order valence-electron chi connectivity index (χ3n) is 2.44. The lowest BCUT2D eigenvalue weighted by Crippen LogP contribution is -2.38. The molecule has 0 saturated heterocycles. The van der Waals surface area contributed by atoms with Crippen molar-refractivity contribution in [3.63, 3.8) is 0 Å². The van der Waals surface area contributed by atoms with Crippen LogP contribution in [0, 0.1) is 0 Å². The molecule has 0 bridgehead atoms. The number of nitrogens with zero attached hydrogens (tertiary/aromatic N) is 2. The zero-order valence-electron chi connectivity index (χ0n) is 7.61. The van der Waals surface area contributed by atoms with Crippen LogP contribution >= 0.6 is 0 Å². The standard InChI is InChI=1S/C9H11N3O/c1-6-7-5-10-4-3-8(7)11-9(13)12(6)2/h3-6H,1-2H3,(H,11,13). The van der Waals surface area contributed by atoms with Crippen LogP contribution in [0.2, 0.25) is 0 Å². The Morgan fingerprint density at radius 2 is 2.38 bits per heavy atom. The Balaban J connectivity index is 2.49. The fraction of sp³-hybridized carbons (Fsp3) is 0.333. The SMILES string of the molecule is CC1c2cnccc2NC(=O)N1C. The number of fused-ring (bicyclic) bond motifs is 1. The molecular weight excluding hydrogens is 166 g/mol. The van der Waals surface area contributed by atoms with Gasteiger partial charge in [-0.3, -0.25) is 4.98 Å². The van der Waals surface area contributed by atoms with Crippen molar-refractivity contribution < 1.29 is 4.79 Å². The van der Waals surface area contributed by atoms with E-state index in [0.29, 0.717) is 0 Å². The number of carbonyl (C=O) groups excluding carboxylic acids is 1.